The van der Waals surface area contributed by atoms with Gasteiger partial charge in [0.15, 0.2) is 0 Å². The topological polar surface area (TPSA) is 26.0 Å². The van der Waals surface area contributed by atoms with Crippen LogP contribution < -0.4 is 5.73 Å². The monoisotopic (exact) mass is 169 g/mol. The Hall–Kier alpha value is -0.300. The number of hydrogen-bond acceptors (Lipinski definition) is 1. The largest absolute Gasteiger partial charge is 0.328 e. The summed E-state index contributed by atoms with van der Waals surface area (Å²) in [5, 5.41) is 0. The van der Waals surface area contributed by atoms with E-state index in [4.69, 9.17) is 5.73 Å². The first-order chi connectivity index (χ1) is 5.52. The van der Waals surface area contributed by atoms with Gasteiger partial charge in [0, 0.05) is 6.04 Å². The minimum Gasteiger partial charge on any atom is -0.328 e. The van der Waals surface area contributed by atoms with Crippen molar-refractivity contribution in [2.24, 2.45) is 11.7 Å². The van der Waals surface area contributed by atoms with Crippen LogP contribution in [0.25, 0.3) is 0 Å². The molecule has 0 amide bonds. The van der Waals surface area contributed by atoms with Crippen molar-refractivity contribution < 1.29 is 0 Å². The Bertz CT molecular complexity index is 132. The van der Waals surface area contributed by atoms with Gasteiger partial charge >= 0.3 is 0 Å². The summed E-state index contributed by atoms with van der Waals surface area (Å²) >= 11 is 0. The van der Waals surface area contributed by atoms with E-state index in [1.54, 1.807) is 0 Å². The lowest BCUT2D eigenvalue weighted by molar-refractivity contribution is 0.455. The second kappa shape index (κ2) is 6.24. The van der Waals surface area contributed by atoms with Crippen molar-refractivity contribution in [2.45, 2.75) is 53.0 Å². The SMILES string of the molecule is CC(C)=CCCC(C)CC(C)N. The summed E-state index contributed by atoms with van der Waals surface area (Å²) in [6.07, 6.45) is 5.93. The van der Waals surface area contributed by atoms with Crippen molar-refractivity contribution in [2.75, 3.05) is 0 Å². The lowest BCUT2D eigenvalue weighted by atomic mass is 9.98. The predicted octanol–water partition coefficient (Wildman–Crippen LogP) is 3.11. The zero-order valence-electron chi connectivity index (χ0n) is 8.93. The average Bonchev–Trinajstić information content (AvgIpc) is 1.84. The van der Waals surface area contributed by atoms with Crippen LogP contribution >= 0.6 is 0 Å². The molecule has 0 saturated heterocycles. The summed E-state index contributed by atoms with van der Waals surface area (Å²) in [5.41, 5.74) is 7.13. The third kappa shape index (κ3) is 7.80. The van der Waals surface area contributed by atoms with Gasteiger partial charge in [-0.1, -0.05) is 18.6 Å². The molecule has 0 radical (unpaired) electrons. The quantitative estimate of drug-likeness (QED) is 0.629. The molecule has 0 spiro atoms. The van der Waals surface area contributed by atoms with Gasteiger partial charge in [0.1, 0.15) is 0 Å². The van der Waals surface area contributed by atoms with Crippen LogP contribution in [0.3, 0.4) is 0 Å². The molecule has 2 N–H and O–H groups in total. The van der Waals surface area contributed by atoms with Crippen LogP contribution in [0, 0.1) is 5.92 Å². The molecule has 1 nitrogen and oxygen atoms in total. The third-order valence-corrected chi connectivity index (χ3v) is 1.99. The Morgan fingerprint density at radius 1 is 1.33 bits per heavy atom. The van der Waals surface area contributed by atoms with E-state index in [1.165, 1.54) is 18.4 Å². The molecule has 0 aliphatic heterocycles. The standard InChI is InChI=1S/C11H23N/c1-9(2)6-5-7-10(3)8-11(4)12/h6,10-11H,5,7-8,12H2,1-4H3. The van der Waals surface area contributed by atoms with Crippen LogP contribution in [-0.2, 0) is 0 Å². The lowest BCUT2D eigenvalue weighted by Crippen LogP contribution is -2.18. The smallest absolute Gasteiger partial charge is 0.00130 e. The molecular weight excluding hydrogens is 146 g/mol. The van der Waals surface area contributed by atoms with Gasteiger partial charge in [-0.05, 0) is 46.0 Å². The Labute approximate surface area is 77.0 Å². The van der Waals surface area contributed by atoms with Gasteiger partial charge in [-0.25, -0.2) is 0 Å². The summed E-state index contributed by atoms with van der Waals surface area (Å²) in [6.45, 7) is 8.66. The van der Waals surface area contributed by atoms with Crippen molar-refractivity contribution in [3.05, 3.63) is 11.6 Å². The fraction of sp³-hybridized carbons (Fsp3) is 0.818. The number of nitrogens with two attached hydrogens (primary N) is 1. The van der Waals surface area contributed by atoms with Crippen molar-refractivity contribution in [1.29, 1.82) is 0 Å². The molecule has 0 bridgehead atoms. The summed E-state index contributed by atoms with van der Waals surface area (Å²) in [7, 11) is 0. The van der Waals surface area contributed by atoms with Gasteiger partial charge in [-0.15, -0.1) is 0 Å². The van der Waals surface area contributed by atoms with Gasteiger partial charge in [0.25, 0.3) is 0 Å². The Kier molecular flexibility index (Phi) is 6.09. The van der Waals surface area contributed by atoms with E-state index < -0.39 is 0 Å². The highest BCUT2D eigenvalue weighted by Gasteiger charge is 2.03. The van der Waals surface area contributed by atoms with Gasteiger partial charge < -0.3 is 5.73 Å². The van der Waals surface area contributed by atoms with E-state index in [0.29, 0.717) is 6.04 Å². The van der Waals surface area contributed by atoms with E-state index in [0.717, 1.165) is 12.3 Å². The first kappa shape index (κ1) is 11.7. The van der Waals surface area contributed by atoms with E-state index >= 15 is 0 Å². The second-order valence-corrected chi connectivity index (χ2v) is 4.18. The summed E-state index contributed by atoms with van der Waals surface area (Å²) in [5.74, 6) is 0.764. The second-order valence-electron chi connectivity index (χ2n) is 4.18. The minimum absolute atomic E-state index is 0.353. The number of rotatable bonds is 5. The maximum absolute atomic E-state index is 5.71. The molecule has 0 aromatic carbocycles. The molecule has 0 aliphatic rings. The van der Waals surface area contributed by atoms with Crippen LogP contribution in [0.5, 0.6) is 0 Å². The van der Waals surface area contributed by atoms with Crippen LogP contribution in [0.1, 0.15) is 47.0 Å². The average molecular weight is 169 g/mol. The zero-order chi connectivity index (χ0) is 9.56. The molecule has 12 heavy (non-hydrogen) atoms. The lowest BCUT2D eigenvalue weighted by Gasteiger charge is -2.12. The maximum atomic E-state index is 5.71. The molecular formula is C11H23N. The molecule has 0 saturated carbocycles. The van der Waals surface area contributed by atoms with Gasteiger partial charge in [-0.2, -0.15) is 0 Å². The molecule has 0 fully saturated rings. The Morgan fingerprint density at radius 3 is 2.33 bits per heavy atom. The molecule has 1 heteroatoms. The van der Waals surface area contributed by atoms with E-state index in [2.05, 4.69) is 33.8 Å². The summed E-state index contributed by atoms with van der Waals surface area (Å²) in [6, 6.07) is 0.353. The van der Waals surface area contributed by atoms with Crippen LogP contribution in [0.4, 0.5) is 0 Å². The van der Waals surface area contributed by atoms with E-state index in [1.807, 2.05) is 0 Å². The van der Waals surface area contributed by atoms with Crippen LogP contribution in [-0.4, -0.2) is 6.04 Å². The van der Waals surface area contributed by atoms with E-state index in [9.17, 15) is 0 Å². The molecule has 2 atom stereocenters. The summed E-state index contributed by atoms with van der Waals surface area (Å²) in [4.78, 5) is 0. The fourth-order valence-electron chi connectivity index (χ4n) is 1.41. The molecule has 72 valence electrons. The molecule has 0 aliphatic carbocycles. The third-order valence-electron chi connectivity index (χ3n) is 1.99. The number of allylic oxidation sites excluding steroid dienone is 2. The van der Waals surface area contributed by atoms with Crippen molar-refractivity contribution in [3.8, 4) is 0 Å². The Morgan fingerprint density at radius 2 is 1.92 bits per heavy atom. The first-order valence-corrected chi connectivity index (χ1v) is 4.91. The highest BCUT2D eigenvalue weighted by atomic mass is 14.6. The van der Waals surface area contributed by atoms with Gasteiger partial charge in [0.05, 0.1) is 0 Å². The van der Waals surface area contributed by atoms with Crippen molar-refractivity contribution >= 4 is 0 Å². The van der Waals surface area contributed by atoms with Crippen molar-refractivity contribution in [1.82, 2.24) is 0 Å². The van der Waals surface area contributed by atoms with Crippen molar-refractivity contribution in [3.63, 3.8) is 0 Å². The molecule has 0 heterocycles. The van der Waals surface area contributed by atoms with Gasteiger partial charge in [0.2, 0.25) is 0 Å². The molecule has 0 rings (SSSR count). The summed E-state index contributed by atoms with van der Waals surface area (Å²) < 4.78 is 0. The predicted molar refractivity (Wildman–Crippen MR) is 56.1 cm³/mol. The first-order valence-electron chi connectivity index (χ1n) is 4.91. The van der Waals surface area contributed by atoms with Crippen LogP contribution in [0.15, 0.2) is 11.6 Å². The minimum atomic E-state index is 0.353. The molecule has 0 aromatic heterocycles. The maximum Gasteiger partial charge on any atom is 0.00130 e. The molecule has 2 unspecified atom stereocenters. The molecule has 0 aromatic rings. The van der Waals surface area contributed by atoms with E-state index in [-0.39, 0.29) is 0 Å². The highest BCUT2D eigenvalue weighted by molar-refractivity contribution is 4.92. The highest BCUT2D eigenvalue weighted by Crippen LogP contribution is 2.12. The number of hydrogen-bond donors (Lipinski definition) is 1. The Balaban J connectivity index is 3.44. The zero-order valence-corrected chi connectivity index (χ0v) is 8.93. The normalized spacial score (nSPS) is 15.4. The van der Waals surface area contributed by atoms with Crippen LogP contribution in [0.2, 0.25) is 0 Å². The van der Waals surface area contributed by atoms with Gasteiger partial charge in [-0.3, -0.25) is 0 Å². The fourth-order valence-corrected chi connectivity index (χ4v) is 1.41.